The van der Waals surface area contributed by atoms with Gasteiger partial charge in [-0.25, -0.2) is 0 Å². The van der Waals surface area contributed by atoms with Gasteiger partial charge in [-0.05, 0) is 25.5 Å². The summed E-state index contributed by atoms with van der Waals surface area (Å²) < 4.78 is 5.37. The summed E-state index contributed by atoms with van der Waals surface area (Å²) in [7, 11) is 1.72. The summed E-state index contributed by atoms with van der Waals surface area (Å²) in [5.74, 6) is 0.803. The first-order valence-electron chi connectivity index (χ1n) is 8.07. The molecule has 24 heavy (non-hydrogen) atoms. The molecule has 1 atom stereocenters. The molecule has 0 aliphatic rings. The highest BCUT2D eigenvalue weighted by Gasteiger charge is 2.24. The Balaban J connectivity index is 2.30. The summed E-state index contributed by atoms with van der Waals surface area (Å²) in [5, 5.41) is 13.4. The van der Waals surface area contributed by atoms with Gasteiger partial charge in [0.2, 0.25) is 0 Å². The van der Waals surface area contributed by atoms with Gasteiger partial charge < -0.3 is 14.5 Å². The lowest BCUT2D eigenvalue weighted by Crippen LogP contribution is -2.29. The Morgan fingerprint density at radius 2 is 2.00 bits per heavy atom. The van der Waals surface area contributed by atoms with Crippen molar-refractivity contribution < 1.29 is 14.4 Å². The smallest absolute Gasteiger partial charge is 0.258 e. The van der Waals surface area contributed by atoms with Gasteiger partial charge in [-0.2, -0.15) is 4.98 Å². The first-order valence-corrected chi connectivity index (χ1v) is 8.07. The summed E-state index contributed by atoms with van der Waals surface area (Å²) in [6, 6.07) is 7.19. The van der Waals surface area contributed by atoms with E-state index in [1.54, 1.807) is 37.1 Å². The fourth-order valence-electron chi connectivity index (χ4n) is 2.18. The second kappa shape index (κ2) is 7.13. The molecule has 0 aliphatic heterocycles. The van der Waals surface area contributed by atoms with Crippen LogP contribution in [-0.2, 0) is 5.41 Å². The fourth-order valence-corrected chi connectivity index (χ4v) is 2.18. The van der Waals surface area contributed by atoms with E-state index in [0.29, 0.717) is 35.8 Å². The van der Waals surface area contributed by atoms with Crippen molar-refractivity contribution >= 4 is 5.91 Å². The van der Waals surface area contributed by atoms with Gasteiger partial charge in [-0.3, -0.25) is 4.79 Å². The number of aliphatic hydroxyl groups excluding tert-OH is 1. The highest BCUT2D eigenvalue weighted by Crippen LogP contribution is 2.26. The molecule has 1 aromatic heterocycles. The third-order valence-electron chi connectivity index (χ3n) is 3.71. The number of aromatic nitrogens is 2. The molecule has 2 aromatic rings. The van der Waals surface area contributed by atoms with E-state index < -0.39 is 6.10 Å². The van der Waals surface area contributed by atoms with Crippen molar-refractivity contribution in [2.24, 2.45) is 0 Å². The molecule has 6 nitrogen and oxygen atoms in total. The van der Waals surface area contributed by atoms with Gasteiger partial charge in [0.1, 0.15) is 0 Å². The summed E-state index contributed by atoms with van der Waals surface area (Å²) in [5.41, 5.74) is 0.901. The molecule has 1 N–H and O–H groups in total. The lowest BCUT2D eigenvalue weighted by Gasteiger charge is -2.19. The number of carbonyl (C=O) groups excluding carboxylic acids is 1. The second-order valence-electron chi connectivity index (χ2n) is 7.08. The lowest BCUT2D eigenvalue weighted by atomic mass is 9.96. The molecule has 0 aliphatic carbocycles. The monoisotopic (exact) mass is 331 g/mol. The largest absolute Gasteiger partial charge is 0.393 e. The van der Waals surface area contributed by atoms with Crippen LogP contribution < -0.4 is 0 Å². The molecule has 130 valence electrons. The minimum Gasteiger partial charge on any atom is -0.393 e. The minimum absolute atomic E-state index is 0.137. The first kappa shape index (κ1) is 18.1. The van der Waals surface area contributed by atoms with Crippen molar-refractivity contribution in [2.75, 3.05) is 13.6 Å². The predicted molar refractivity (Wildman–Crippen MR) is 91.7 cm³/mol. The number of amides is 1. The van der Waals surface area contributed by atoms with Crippen molar-refractivity contribution in [1.29, 1.82) is 0 Å². The molecule has 2 rings (SSSR count). The molecule has 0 saturated heterocycles. The van der Waals surface area contributed by atoms with E-state index in [4.69, 9.17) is 4.52 Å². The average molecular weight is 331 g/mol. The molecule has 1 aromatic carbocycles. The maximum Gasteiger partial charge on any atom is 0.258 e. The van der Waals surface area contributed by atoms with Gasteiger partial charge in [0, 0.05) is 19.0 Å². The van der Waals surface area contributed by atoms with E-state index in [9.17, 15) is 9.90 Å². The molecule has 0 spiro atoms. The van der Waals surface area contributed by atoms with Crippen molar-refractivity contribution in [3.05, 3.63) is 35.7 Å². The van der Waals surface area contributed by atoms with Crippen LogP contribution in [0, 0.1) is 0 Å². The molecule has 0 fully saturated rings. The number of hydrogen-bond acceptors (Lipinski definition) is 5. The standard InChI is InChI=1S/C18H25N3O3/c1-12(22)10-11-21(5)16(23)14-9-7-6-8-13(14)15-19-17(20-24-15)18(2,3)4/h6-9,12,22H,10-11H2,1-5H3. The lowest BCUT2D eigenvalue weighted by molar-refractivity contribution is 0.0769. The number of benzene rings is 1. The van der Waals surface area contributed by atoms with Crippen molar-refractivity contribution in [3.63, 3.8) is 0 Å². The first-order chi connectivity index (χ1) is 11.2. The molecule has 1 heterocycles. The number of rotatable bonds is 5. The number of nitrogens with zero attached hydrogens (tertiary/aromatic N) is 3. The summed E-state index contributed by atoms with van der Waals surface area (Å²) in [6.45, 7) is 8.19. The van der Waals surface area contributed by atoms with Crippen molar-refractivity contribution in [2.45, 2.75) is 45.6 Å². The Hall–Kier alpha value is -2.21. The maximum atomic E-state index is 12.7. The summed E-state index contributed by atoms with van der Waals surface area (Å²) in [4.78, 5) is 18.7. The molecule has 1 amide bonds. The van der Waals surface area contributed by atoms with Gasteiger partial charge in [-0.1, -0.05) is 38.1 Å². The molecule has 6 heteroatoms. The topological polar surface area (TPSA) is 79.5 Å². The molecule has 0 saturated carbocycles. The van der Waals surface area contributed by atoms with Gasteiger partial charge >= 0.3 is 0 Å². The van der Waals surface area contributed by atoms with Crippen LogP contribution in [0.1, 0.15) is 50.3 Å². The molecular weight excluding hydrogens is 306 g/mol. The minimum atomic E-state index is -0.444. The van der Waals surface area contributed by atoms with E-state index in [2.05, 4.69) is 10.1 Å². The van der Waals surface area contributed by atoms with Crippen LogP contribution >= 0.6 is 0 Å². The average Bonchev–Trinajstić information content (AvgIpc) is 3.02. The van der Waals surface area contributed by atoms with Gasteiger partial charge in [0.05, 0.1) is 17.2 Å². The van der Waals surface area contributed by atoms with E-state index in [-0.39, 0.29) is 11.3 Å². The van der Waals surface area contributed by atoms with Crippen LogP contribution in [0.15, 0.2) is 28.8 Å². The Labute approximate surface area is 142 Å². The number of carbonyl (C=O) groups is 1. The van der Waals surface area contributed by atoms with Crippen LogP contribution in [0.4, 0.5) is 0 Å². The van der Waals surface area contributed by atoms with Gasteiger partial charge in [0.25, 0.3) is 11.8 Å². The third kappa shape index (κ3) is 4.20. The number of hydrogen-bond donors (Lipinski definition) is 1. The molecule has 1 unspecified atom stereocenters. The van der Waals surface area contributed by atoms with Crippen LogP contribution in [0.3, 0.4) is 0 Å². The predicted octanol–water partition coefficient (Wildman–Crippen LogP) is 2.88. The number of aliphatic hydroxyl groups is 1. The Morgan fingerprint density at radius 3 is 2.58 bits per heavy atom. The molecule has 0 radical (unpaired) electrons. The van der Waals surface area contributed by atoms with E-state index in [0.717, 1.165) is 0 Å². The summed E-state index contributed by atoms with van der Waals surface area (Å²) >= 11 is 0. The summed E-state index contributed by atoms with van der Waals surface area (Å²) in [6.07, 6.45) is 0.0832. The SMILES string of the molecule is CC(O)CCN(C)C(=O)c1ccccc1-c1nc(C(C)(C)C)no1. The Bertz CT molecular complexity index is 702. The van der Waals surface area contributed by atoms with Crippen LogP contribution in [0.25, 0.3) is 11.5 Å². The molecule has 0 bridgehead atoms. The third-order valence-corrected chi connectivity index (χ3v) is 3.71. The zero-order valence-electron chi connectivity index (χ0n) is 14.9. The zero-order chi connectivity index (χ0) is 17.9. The second-order valence-corrected chi connectivity index (χ2v) is 7.08. The fraction of sp³-hybridized carbons (Fsp3) is 0.500. The Kier molecular flexibility index (Phi) is 5.39. The van der Waals surface area contributed by atoms with Gasteiger partial charge in [0.15, 0.2) is 5.82 Å². The van der Waals surface area contributed by atoms with E-state index >= 15 is 0 Å². The van der Waals surface area contributed by atoms with E-state index in [1.807, 2.05) is 26.8 Å². The van der Waals surface area contributed by atoms with Crippen molar-refractivity contribution in [3.8, 4) is 11.5 Å². The molecular formula is C18H25N3O3. The highest BCUT2D eigenvalue weighted by molar-refractivity contribution is 5.99. The normalized spacial score (nSPS) is 12.9. The van der Waals surface area contributed by atoms with Crippen molar-refractivity contribution in [1.82, 2.24) is 15.0 Å². The highest BCUT2D eigenvalue weighted by atomic mass is 16.5. The van der Waals surface area contributed by atoms with Crippen LogP contribution in [-0.4, -0.2) is 45.8 Å². The van der Waals surface area contributed by atoms with Gasteiger partial charge in [-0.15, -0.1) is 0 Å². The van der Waals surface area contributed by atoms with Crippen LogP contribution in [0.5, 0.6) is 0 Å². The zero-order valence-corrected chi connectivity index (χ0v) is 14.9. The quantitative estimate of drug-likeness (QED) is 0.911. The Morgan fingerprint density at radius 1 is 1.33 bits per heavy atom. The maximum absolute atomic E-state index is 12.7. The van der Waals surface area contributed by atoms with E-state index in [1.165, 1.54) is 0 Å². The van der Waals surface area contributed by atoms with Crippen LogP contribution in [0.2, 0.25) is 0 Å².